The Morgan fingerprint density at radius 3 is 1.25 bits per heavy atom. The molecule has 0 aliphatic carbocycles. The van der Waals surface area contributed by atoms with Gasteiger partial charge in [-0.05, 0) is 110 Å². The second-order valence-corrected chi connectivity index (χ2v) is 18.6. The summed E-state index contributed by atoms with van der Waals surface area (Å²) in [5.74, 6) is 0. The first kappa shape index (κ1) is 44.4. The van der Waals surface area contributed by atoms with Crippen molar-refractivity contribution < 1.29 is 0 Å². The zero-order valence-electron chi connectivity index (χ0n) is 35.4. The molecule has 0 saturated carbocycles. The van der Waals surface area contributed by atoms with E-state index < -0.39 is 0 Å². The summed E-state index contributed by atoms with van der Waals surface area (Å²) >= 11 is 5.39. The summed E-state index contributed by atoms with van der Waals surface area (Å²) < 4.78 is 0. The Balaban J connectivity index is 0.916. The van der Waals surface area contributed by atoms with E-state index in [0.29, 0.717) is 19.6 Å². The molecule has 0 bridgehead atoms. The maximum absolute atomic E-state index is 4.83. The Kier molecular flexibility index (Phi) is 16.9. The first-order valence-corrected chi connectivity index (χ1v) is 24.2. The minimum atomic E-state index is -0.0598. The Morgan fingerprint density at radius 2 is 0.825 bits per heavy atom. The molecule has 63 heavy (non-hydrogen) atoms. The van der Waals surface area contributed by atoms with E-state index in [4.69, 9.17) is 4.98 Å². The third-order valence-corrected chi connectivity index (χ3v) is 13.2. The van der Waals surface area contributed by atoms with Gasteiger partial charge in [-0.3, -0.25) is 15.0 Å². The van der Waals surface area contributed by atoms with Crippen molar-refractivity contribution in [1.29, 1.82) is 0 Å². The van der Waals surface area contributed by atoms with Crippen molar-refractivity contribution in [2.45, 2.75) is 78.0 Å². The van der Waals surface area contributed by atoms with Gasteiger partial charge in [0.2, 0.25) is 0 Å². The molecular weight excluding hydrogens is 835 g/mol. The smallest absolute Gasteiger partial charge is 0.0762 e. The number of rotatable bonds is 25. The van der Waals surface area contributed by atoms with Gasteiger partial charge in [0.25, 0.3) is 0 Å². The number of nitrogens with one attached hydrogen (secondary N) is 6. The van der Waals surface area contributed by atoms with Gasteiger partial charge in [0, 0.05) is 105 Å². The maximum Gasteiger partial charge on any atom is 0.0762 e. The van der Waals surface area contributed by atoms with Crippen molar-refractivity contribution in [3.8, 4) is 0 Å². The largest absolute Gasteiger partial charge is 0.308 e. The molecule has 8 aromatic rings. The first-order valence-electron chi connectivity index (χ1n) is 21.5. The van der Waals surface area contributed by atoms with Crippen molar-refractivity contribution >= 4 is 34.0 Å². The fourth-order valence-electron chi connectivity index (χ4n) is 7.58. The summed E-state index contributed by atoms with van der Waals surface area (Å²) in [4.78, 5) is 17.8. The molecule has 9 nitrogen and oxygen atoms in total. The van der Waals surface area contributed by atoms with Crippen LogP contribution in [0.15, 0.2) is 156 Å². The van der Waals surface area contributed by atoms with Crippen LogP contribution in [0.1, 0.15) is 76.7 Å². The zero-order chi connectivity index (χ0) is 42.7. The summed E-state index contributed by atoms with van der Waals surface area (Å²) in [6.45, 7) is 8.59. The van der Waals surface area contributed by atoms with Crippen molar-refractivity contribution in [2.75, 3.05) is 0 Å². The second-order valence-electron chi connectivity index (χ2n) is 15.5. The molecule has 322 valence electrons. The average molecular weight is 890 g/mol. The Bertz CT molecular complexity index is 2390. The lowest BCUT2D eigenvalue weighted by atomic mass is 10.0. The van der Waals surface area contributed by atoms with E-state index in [2.05, 4.69) is 149 Å². The molecule has 12 heteroatoms. The normalized spacial score (nSPS) is 11.9. The van der Waals surface area contributed by atoms with Crippen molar-refractivity contribution in [3.05, 3.63) is 227 Å². The van der Waals surface area contributed by atoms with Crippen molar-refractivity contribution in [1.82, 2.24) is 46.9 Å². The lowest BCUT2D eigenvalue weighted by Crippen LogP contribution is -2.23. The molecule has 0 aliphatic heterocycles. The van der Waals surface area contributed by atoms with Gasteiger partial charge < -0.3 is 31.9 Å². The highest BCUT2D eigenvalue weighted by atomic mass is 32.1. The quantitative estimate of drug-likeness (QED) is 0.0335. The van der Waals surface area contributed by atoms with Gasteiger partial charge in [0.05, 0.1) is 23.1 Å². The van der Waals surface area contributed by atoms with Crippen LogP contribution in [-0.4, -0.2) is 15.0 Å². The molecule has 0 radical (unpaired) electrons. The van der Waals surface area contributed by atoms with Crippen LogP contribution in [0, 0.1) is 0 Å². The predicted octanol–water partition coefficient (Wildman–Crippen LogP) is 9.38. The highest BCUT2D eigenvalue weighted by Gasteiger charge is 2.18. The summed E-state index contributed by atoms with van der Waals surface area (Å²) in [7, 11) is 0. The lowest BCUT2D eigenvalue weighted by molar-refractivity contribution is 0.590. The van der Waals surface area contributed by atoms with E-state index in [1.807, 2.05) is 48.9 Å². The van der Waals surface area contributed by atoms with E-state index in [1.165, 1.54) is 53.6 Å². The van der Waals surface area contributed by atoms with Gasteiger partial charge in [0.1, 0.15) is 0 Å². The monoisotopic (exact) mass is 889 g/mol. The van der Waals surface area contributed by atoms with E-state index >= 15 is 0 Å². The molecule has 0 fully saturated rings. The van der Waals surface area contributed by atoms with E-state index in [-0.39, 0.29) is 6.04 Å². The number of hydrogen-bond donors (Lipinski definition) is 6. The lowest BCUT2D eigenvalue weighted by Gasteiger charge is -2.19. The van der Waals surface area contributed by atoms with Gasteiger partial charge in [0.15, 0.2) is 0 Å². The van der Waals surface area contributed by atoms with Gasteiger partial charge >= 0.3 is 0 Å². The molecule has 2 aromatic carbocycles. The van der Waals surface area contributed by atoms with Gasteiger partial charge in [-0.25, -0.2) is 0 Å². The number of thiophene rings is 3. The summed E-state index contributed by atoms with van der Waals surface area (Å²) in [6, 6.07) is 43.0. The molecule has 0 aliphatic rings. The van der Waals surface area contributed by atoms with Crippen LogP contribution in [0.4, 0.5) is 0 Å². The van der Waals surface area contributed by atoms with Crippen LogP contribution in [0.2, 0.25) is 0 Å². The molecule has 0 saturated heterocycles. The SMILES string of the molecule is c1ccc(CNCc2cc(CNCc3ccccn3)cc(CNC(c3csc(CNCc4cc(CNCc5cccs5)cc(CNCc5cccs5)c4)c3)c3ccccn3)c2)nc1. The third kappa shape index (κ3) is 14.4. The van der Waals surface area contributed by atoms with Crippen LogP contribution in [-0.2, 0) is 72.0 Å². The molecule has 6 N–H and O–H groups in total. The first-order chi connectivity index (χ1) is 31.2. The molecule has 1 atom stereocenters. The highest BCUT2D eigenvalue weighted by Crippen LogP contribution is 2.27. The number of nitrogens with zero attached hydrogens (tertiary/aromatic N) is 3. The van der Waals surface area contributed by atoms with Crippen molar-refractivity contribution in [2.24, 2.45) is 0 Å². The predicted molar refractivity (Wildman–Crippen MR) is 260 cm³/mol. The number of hydrogen-bond acceptors (Lipinski definition) is 12. The zero-order valence-corrected chi connectivity index (χ0v) is 37.9. The topological polar surface area (TPSA) is 111 Å². The molecule has 0 amide bonds. The molecule has 6 aromatic heterocycles. The number of aromatic nitrogens is 3. The highest BCUT2D eigenvalue weighted by molar-refractivity contribution is 7.10. The Labute approximate surface area is 383 Å². The average Bonchev–Trinajstić information content (AvgIpc) is 4.13. The fourth-order valence-corrected chi connectivity index (χ4v) is 9.81. The summed E-state index contributed by atoms with van der Waals surface area (Å²) in [5, 5.41) is 28.7. The fraction of sp³-hybridized carbons (Fsp3) is 0.235. The van der Waals surface area contributed by atoms with Gasteiger partial charge in [-0.2, -0.15) is 0 Å². The van der Waals surface area contributed by atoms with Crippen LogP contribution >= 0.6 is 34.0 Å². The maximum atomic E-state index is 4.83. The molecule has 8 rings (SSSR count). The summed E-state index contributed by atoms with van der Waals surface area (Å²) in [5.41, 5.74) is 11.9. The van der Waals surface area contributed by atoms with Gasteiger partial charge in [-0.1, -0.05) is 66.7 Å². The van der Waals surface area contributed by atoms with E-state index in [1.54, 1.807) is 34.0 Å². The molecule has 1 unspecified atom stereocenters. The van der Waals surface area contributed by atoms with Crippen molar-refractivity contribution in [3.63, 3.8) is 0 Å². The van der Waals surface area contributed by atoms with Crippen LogP contribution in [0.25, 0.3) is 0 Å². The van der Waals surface area contributed by atoms with Crippen LogP contribution in [0.5, 0.6) is 0 Å². The summed E-state index contributed by atoms with van der Waals surface area (Å²) in [6.07, 6.45) is 5.57. The van der Waals surface area contributed by atoms with E-state index in [0.717, 1.165) is 69.4 Å². The van der Waals surface area contributed by atoms with Gasteiger partial charge in [-0.15, -0.1) is 34.0 Å². The number of pyridine rings is 3. The van der Waals surface area contributed by atoms with Crippen LogP contribution < -0.4 is 31.9 Å². The molecule has 6 heterocycles. The minimum absolute atomic E-state index is 0.0598. The molecular formula is C51H55N9S3. The van der Waals surface area contributed by atoms with Crippen LogP contribution in [0.3, 0.4) is 0 Å². The second kappa shape index (κ2) is 24.0. The van der Waals surface area contributed by atoms with E-state index in [9.17, 15) is 0 Å². The standard InChI is InChI=1S/C51H55N9S3/c1-4-14-57-45(9-1)32-52-26-41-22-42(27-53-33-46-10-2-5-15-58-46)24-43(23-41)31-60-51(50-13-3-6-16-59-50)44-25-49(63-37-44)36-56-30-40-20-38(28-54-34-47-11-7-17-61-47)19-39(21-40)29-55-35-48-12-8-18-62-48/h1-25,37,51-56,60H,26-36H2. The molecule has 0 spiro atoms. The third-order valence-electron chi connectivity index (χ3n) is 10.5. The minimum Gasteiger partial charge on any atom is -0.308 e. The Morgan fingerprint density at radius 1 is 0.381 bits per heavy atom. The number of benzene rings is 2. The Hall–Kier alpha value is -5.25.